The Labute approximate surface area is 132 Å². The number of nitro groups is 1. The number of nitrogens with zero attached hydrogens (tertiary/aromatic N) is 3. The summed E-state index contributed by atoms with van der Waals surface area (Å²) in [7, 11) is 0. The van der Waals surface area contributed by atoms with E-state index in [0.29, 0.717) is 0 Å². The maximum Gasteiger partial charge on any atom is 0.272 e. The van der Waals surface area contributed by atoms with Gasteiger partial charge < -0.3 is 9.80 Å². The molecule has 1 aromatic carbocycles. The summed E-state index contributed by atoms with van der Waals surface area (Å²) in [5, 5.41) is 10.9. The van der Waals surface area contributed by atoms with E-state index < -0.39 is 0 Å². The number of nitro benzene ring substituents is 1. The van der Waals surface area contributed by atoms with Crippen LogP contribution in [0.1, 0.15) is 31.7 Å². The first-order valence-electron chi connectivity index (χ1n) is 8.28. The van der Waals surface area contributed by atoms with Gasteiger partial charge in [0.15, 0.2) is 0 Å². The molecule has 5 heteroatoms. The van der Waals surface area contributed by atoms with Crippen molar-refractivity contribution in [1.29, 1.82) is 0 Å². The lowest BCUT2D eigenvalue weighted by Gasteiger charge is -2.25. The van der Waals surface area contributed by atoms with Crippen molar-refractivity contribution in [3.63, 3.8) is 0 Å². The van der Waals surface area contributed by atoms with Crippen LogP contribution in [-0.4, -0.2) is 42.0 Å². The van der Waals surface area contributed by atoms with Gasteiger partial charge in [0.25, 0.3) is 5.69 Å². The largest absolute Gasteiger partial charge is 0.371 e. The molecular weight excluding hydrogens is 278 g/mol. The van der Waals surface area contributed by atoms with Crippen LogP contribution in [0.25, 0.3) is 0 Å². The predicted molar refractivity (Wildman–Crippen MR) is 88.4 cm³/mol. The summed E-state index contributed by atoms with van der Waals surface area (Å²) >= 11 is 0. The molecule has 2 aliphatic heterocycles. The summed E-state index contributed by atoms with van der Waals surface area (Å²) in [5.74, 6) is 0.719. The number of aryl methyl sites for hydroxylation is 1. The Bertz CT molecular complexity index is 561. The second kappa shape index (κ2) is 6.24. The quantitative estimate of drug-likeness (QED) is 0.633. The van der Waals surface area contributed by atoms with Gasteiger partial charge in [-0.1, -0.05) is 0 Å². The summed E-state index contributed by atoms with van der Waals surface area (Å²) in [6, 6.07) is 6.22. The van der Waals surface area contributed by atoms with E-state index in [9.17, 15) is 10.1 Å². The third-order valence-corrected chi connectivity index (χ3v) is 5.21. The molecule has 2 heterocycles. The van der Waals surface area contributed by atoms with Gasteiger partial charge in [-0.3, -0.25) is 10.1 Å². The Kier molecular flexibility index (Phi) is 4.34. The van der Waals surface area contributed by atoms with Crippen molar-refractivity contribution in [3.8, 4) is 0 Å². The van der Waals surface area contributed by atoms with E-state index in [2.05, 4.69) is 16.7 Å². The van der Waals surface area contributed by atoms with Gasteiger partial charge in [-0.25, -0.2) is 0 Å². The molecule has 0 radical (unpaired) electrons. The minimum atomic E-state index is -0.305. The fraction of sp³-hybridized carbons (Fsp3) is 0.647. The summed E-state index contributed by atoms with van der Waals surface area (Å²) in [6.45, 7) is 8.73. The average molecular weight is 303 g/mol. The van der Waals surface area contributed by atoms with Crippen LogP contribution in [0.5, 0.6) is 0 Å². The first-order valence-corrected chi connectivity index (χ1v) is 8.28. The first kappa shape index (κ1) is 15.3. The van der Waals surface area contributed by atoms with Gasteiger partial charge in [0.05, 0.1) is 4.92 Å². The van der Waals surface area contributed by atoms with Crippen LogP contribution < -0.4 is 4.90 Å². The number of hydrogen-bond donors (Lipinski definition) is 0. The van der Waals surface area contributed by atoms with Crippen molar-refractivity contribution in [2.45, 2.75) is 39.2 Å². The summed E-state index contributed by atoms with van der Waals surface area (Å²) in [6.07, 6.45) is 3.89. The Hall–Kier alpha value is -1.62. The van der Waals surface area contributed by atoms with E-state index in [1.54, 1.807) is 6.07 Å². The molecule has 0 spiro atoms. The SMILES string of the molecule is Cc1cc(N2CCC(CN3CCC[C@@H]3C)C2)ccc1[N+](=O)[O-]. The summed E-state index contributed by atoms with van der Waals surface area (Å²) in [4.78, 5) is 15.6. The second-order valence-corrected chi connectivity index (χ2v) is 6.81. The van der Waals surface area contributed by atoms with Crippen LogP contribution in [-0.2, 0) is 0 Å². The van der Waals surface area contributed by atoms with Gasteiger partial charge in [0, 0.05) is 43.0 Å². The molecule has 0 saturated carbocycles. The Morgan fingerprint density at radius 1 is 1.32 bits per heavy atom. The van der Waals surface area contributed by atoms with E-state index in [4.69, 9.17) is 0 Å². The molecule has 0 amide bonds. The van der Waals surface area contributed by atoms with E-state index in [1.807, 2.05) is 19.1 Å². The fourth-order valence-electron chi connectivity index (χ4n) is 3.85. The monoisotopic (exact) mass is 303 g/mol. The van der Waals surface area contributed by atoms with Gasteiger partial charge in [0.1, 0.15) is 0 Å². The summed E-state index contributed by atoms with van der Waals surface area (Å²) < 4.78 is 0. The highest BCUT2D eigenvalue weighted by molar-refractivity contribution is 5.55. The molecule has 3 rings (SSSR count). The smallest absolute Gasteiger partial charge is 0.272 e. The van der Waals surface area contributed by atoms with Crippen molar-refractivity contribution in [2.24, 2.45) is 5.92 Å². The van der Waals surface area contributed by atoms with Crippen LogP contribution in [0.4, 0.5) is 11.4 Å². The lowest BCUT2D eigenvalue weighted by molar-refractivity contribution is -0.385. The highest BCUT2D eigenvalue weighted by Crippen LogP contribution is 2.29. The maximum atomic E-state index is 10.9. The Balaban J connectivity index is 1.62. The number of rotatable bonds is 4. The lowest BCUT2D eigenvalue weighted by Crippen LogP contribution is -2.33. The second-order valence-electron chi connectivity index (χ2n) is 6.81. The number of likely N-dealkylation sites (tertiary alicyclic amines) is 1. The van der Waals surface area contributed by atoms with E-state index in [-0.39, 0.29) is 10.6 Å². The van der Waals surface area contributed by atoms with Gasteiger partial charge in [0.2, 0.25) is 0 Å². The molecule has 2 atom stereocenters. The Morgan fingerprint density at radius 3 is 2.77 bits per heavy atom. The van der Waals surface area contributed by atoms with Gasteiger partial charge in [-0.2, -0.15) is 0 Å². The van der Waals surface area contributed by atoms with Crippen molar-refractivity contribution in [2.75, 3.05) is 31.1 Å². The molecule has 120 valence electrons. The zero-order valence-electron chi connectivity index (χ0n) is 13.5. The third kappa shape index (κ3) is 3.09. The predicted octanol–water partition coefficient (Wildman–Crippen LogP) is 3.21. The molecule has 0 bridgehead atoms. The van der Waals surface area contributed by atoms with Gasteiger partial charge in [-0.15, -0.1) is 0 Å². The summed E-state index contributed by atoms with van der Waals surface area (Å²) in [5.41, 5.74) is 2.09. The fourth-order valence-corrected chi connectivity index (χ4v) is 3.85. The molecule has 22 heavy (non-hydrogen) atoms. The van der Waals surface area contributed by atoms with Crippen molar-refractivity contribution >= 4 is 11.4 Å². The van der Waals surface area contributed by atoms with Crippen LogP contribution in [0.2, 0.25) is 0 Å². The third-order valence-electron chi connectivity index (χ3n) is 5.21. The van der Waals surface area contributed by atoms with Crippen molar-refractivity contribution in [1.82, 2.24) is 4.90 Å². The maximum absolute atomic E-state index is 10.9. The van der Waals surface area contributed by atoms with Crippen LogP contribution in [0, 0.1) is 23.0 Å². The van der Waals surface area contributed by atoms with E-state index in [0.717, 1.165) is 36.3 Å². The number of hydrogen-bond acceptors (Lipinski definition) is 4. The highest BCUT2D eigenvalue weighted by Gasteiger charge is 2.28. The molecule has 1 unspecified atom stereocenters. The minimum absolute atomic E-state index is 0.213. The number of anilines is 1. The zero-order chi connectivity index (χ0) is 15.7. The standard InChI is InChI=1S/C17H25N3O2/c1-13-10-16(5-6-17(13)20(21)22)19-9-7-15(12-19)11-18-8-3-4-14(18)2/h5-6,10,14-15H,3-4,7-9,11-12H2,1-2H3/t14-,15?/m0/s1. The average Bonchev–Trinajstić information content (AvgIpc) is 3.09. The van der Waals surface area contributed by atoms with E-state index >= 15 is 0 Å². The first-order chi connectivity index (χ1) is 10.5. The van der Waals surface area contributed by atoms with Crippen LogP contribution in [0.15, 0.2) is 18.2 Å². The Morgan fingerprint density at radius 2 is 2.14 bits per heavy atom. The number of benzene rings is 1. The minimum Gasteiger partial charge on any atom is -0.371 e. The van der Waals surface area contributed by atoms with E-state index in [1.165, 1.54) is 32.4 Å². The van der Waals surface area contributed by atoms with Gasteiger partial charge >= 0.3 is 0 Å². The van der Waals surface area contributed by atoms with Crippen LogP contribution in [0.3, 0.4) is 0 Å². The zero-order valence-corrected chi connectivity index (χ0v) is 13.5. The molecule has 0 N–H and O–H groups in total. The highest BCUT2D eigenvalue weighted by atomic mass is 16.6. The molecule has 2 saturated heterocycles. The lowest BCUT2D eigenvalue weighted by atomic mass is 10.1. The molecule has 2 aliphatic rings. The molecule has 5 nitrogen and oxygen atoms in total. The normalized spacial score (nSPS) is 25.8. The van der Waals surface area contributed by atoms with Crippen molar-refractivity contribution < 1.29 is 4.92 Å². The molecule has 2 fully saturated rings. The van der Waals surface area contributed by atoms with Gasteiger partial charge in [-0.05, 0) is 57.7 Å². The van der Waals surface area contributed by atoms with Crippen LogP contribution >= 0.6 is 0 Å². The molecule has 0 aliphatic carbocycles. The van der Waals surface area contributed by atoms with Crippen molar-refractivity contribution in [3.05, 3.63) is 33.9 Å². The molecule has 1 aromatic rings. The topological polar surface area (TPSA) is 49.6 Å². The molecule has 0 aromatic heterocycles. The molecular formula is C17H25N3O2.